The maximum absolute atomic E-state index is 12.8. The minimum atomic E-state index is -4.44. The van der Waals surface area contributed by atoms with Crippen molar-refractivity contribution in [2.24, 2.45) is 0 Å². The van der Waals surface area contributed by atoms with E-state index < -0.39 is 17.6 Å². The lowest BCUT2D eigenvalue weighted by molar-refractivity contribution is -0.138. The van der Waals surface area contributed by atoms with Gasteiger partial charge >= 0.3 is 6.18 Å². The summed E-state index contributed by atoms with van der Waals surface area (Å²) in [6.45, 7) is 1.38. The number of hydrogen-bond acceptors (Lipinski definition) is 1. The van der Waals surface area contributed by atoms with Crippen LogP contribution in [0.5, 0.6) is 0 Å². The van der Waals surface area contributed by atoms with E-state index >= 15 is 0 Å². The second-order valence-electron chi connectivity index (χ2n) is 4.49. The zero-order valence-corrected chi connectivity index (χ0v) is 12.5. The fourth-order valence-electron chi connectivity index (χ4n) is 1.84. The molecule has 0 saturated carbocycles. The van der Waals surface area contributed by atoms with Gasteiger partial charge in [0.2, 0.25) is 0 Å². The molecule has 1 N–H and O–H groups in total. The molecular formula is C15H11BrF3NO. The number of hydrogen-bond donors (Lipinski definition) is 1. The van der Waals surface area contributed by atoms with Gasteiger partial charge in [-0.25, -0.2) is 0 Å². The summed E-state index contributed by atoms with van der Waals surface area (Å²) in [5.41, 5.74) is -0.172. The van der Waals surface area contributed by atoms with Crippen molar-refractivity contribution in [1.82, 2.24) is 0 Å². The van der Waals surface area contributed by atoms with Crippen LogP contribution in [0, 0.1) is 6.92 Å². The Morgan fingerprint density at radius 2 is 1.86 bits per heavy atom. The lowest BCUT2D eigenvalue weighted by Crippen LogP contribution is -2.14. The Kier molecular flexibility index (Phi) is 4.37. The fraction of sp³-hybridized carbons (Fsp3) is 0.133. The molecule has 0 aliphatic carbocycles. The number of carbonyl (C=O) groups excluding carboxylic acids is 1. The van der Waals surface area contributed by atoms with E-state index in [1.807, 2.05) is 0 Å². The van der Waals surface area contributed by atoms with Crippen molar-refractivity contribution in [3.05, 3.63) is 63.6 Å². The number of aryl methyl sites for hydroxylation is 1. The lowest BCUT2D eigenvalue weighted by atomic mass is 10.1. The van der Waals surface area contributed by atoms with E-state index in [0.717, 1.165) is 10.5 Å². The third-order valence-electron chi connectivity index (χ3n) is 2.89. The molecule has 0 atom stereocenters. The summed E-state index contributed by atoms with van der Waals surface area (Å²) in [4.78, 5) is 12.0. The molecule has 110 valence electrons. The Bertz CT molecular complexity index is 683. The summed E-state index contributed by atoms with van der Waals surface area (Å²) in [5.74, 6) is -0.465. The van der Waals surface area contributed by atoms with Gasteiger partial charge in [-0.1, -0.05) is 28.1 Å². The first-order valence-electron chi connectivity index (χ1n) is 6.02. The van der Waals surface area contributed by atoms with Crippen LogP contribution in [0.2, 0.25) is 0 Å². The van der Waals surface area contributed by atoms with E-state index in [1.165, 1.54) is 19.1 Å². The molecule has 6 heteroatoms. The lowest BCUT2D eigenvalue weighted by Gasteiger charge is -2.13. The van der Waals surface area contributed by atoms with Gasteiger partial charge in [0.05, 0.1) is 5.56 Å². The number of rotatable bonds is 2. The van der Waals surface area contributed by atoms with Crippen LogP contribution in [0.1, 0.15) is 21.5 Å². The summed E-state index contributed by atoms with van der Waals surface area (Å²) >= 11 is 3.23. The second-order valence-corrected chi connectivity index (χ2v) is 5.41. The summed E-state index contributed by atoms with van der Waals surface area (Å²) in [6.07, 6.45) is -4.44. The average molecular weight is 358 g/mol. The molecule has 0 unspecified atom stereocenters. The Morgan fingerprint density at radius 1 is 1.14 bits per heavy atom. The van der Waals surface area contributed by atoms with Crippen molar-refractivity contribution in [1.29, 1.82) is 0 Å². The Labute approximate surface area is 128 Å². The van der Waals surface area contributed by atoms with Gasteiger partial charge in [0.15, 0.2) is 0 Å². The zero-order valence-electron chi connectivity index (χ0n) is 11.0. The fourth-order valence-corrected chi connectivity index (χ4v) is 2.24. The van der Waals surface area contributed by atoms with Gasteiger partial charge in [-0.15, -0.1) is 0 Å². The molecule has 0 aliphatic heterocycles. The van der Waals surface area contributed by atoms with E-state index in [9.17, 15) is 18.0 Å². The van der Waals surface area contributed by atoms with Crippen molar-refractivity contribution in [3.63, 3.8) is 0 Å². The van der Waals surface area contributed by atoms with Crippen LogP contribution in [-0.2, 0) is 6.18 Å². The standard InChI is InChI=1S/C15H11BrF3NO/c1-9-5-6-12(8-13(9)15(17,18)19)20-14(21)10-3-2-4-11(16)7-10/h2-8H,1H3,(H,20,21). The van der Waals surface area contributed by atoms with Crippen molar-refractivity contribution < 1.29 is 18.0 Å². The monoisotopic (exact) mass is 357 g/mol. The molecule has 2 rings (SSSR count). The number of amides is 1. The van der Waals surface area contributed by atoms with Gasteiger partial charge < -0.3 is 5.32 Å². The predicted octanol–water partition coefficient (Wildman–Crippen LogP) is 5.03. The molecule has 0 fully saturated rings. The first-order chi connectivity index (χ1) is 9.77. The van der Waals surface area contributed by atoms with Gasteiger partial charge in [0.25, 0.3) is 5.91 Å². The smallest absolute Gasteiger partial charge is 0.322 e. The molecule has 2 aromatic rings. The largest absolute Gasteiger partial charge is 0.416 e. The highest BCUT2D eigenvalue weighted by Gasteiger charge is 2.32. The van der Waals surface area contributed by atoms with Crippen LogP contribution in [-0.4, -0.2) is 5.91 Å². The van der Waals surface area contributed by atoms with E-state index in [1.54, 1.807) is 24.3 Å². The predicted molar refractivity (Wildman–Crippen MR) is 78.3 cm³/mol. The summed E-state index contributed by atoms with van der Waals surface area (Å²) in [6, 6.07) is 10.3. The molecule has 2 aromatic carbocycles. The first-order valence-corrected chi connectivity index (χ1v) is 6.81. The third-order valence-corrected chi connectivity index (χ3v) is 3.38. The maximum Gasteiger partial charge on any atom is 0.416 e. The van der Waals surface area contributed by atoms with Gasteiger partial charge in [0.1, 0.15) is 0 Å². The molecule has 0 heterocycles. The second kappa shape index (κ2) is 5.89. The van der Waals surface area contributed by atoms with Crippen LogP contribution in [0.4, 0.5) is 18.9 Å². The van der Waals surface area contributed by atoms with Gasteiger partial charge in [-0.2, -0.15) is 13.2 Å². The number of halogens is 4. The van der Waals surface area contributed by atoms with Gasteiger partial charge in [0, 0.05) is 15.7 Å². The molecule has 21 heavy (non-hydrogen) atoms. The minimum Gasteiger partial charge on any atom is -0.322 e. The zero-order chi connectivity index (χ0) is 15.6. The molecule has 0 bridgehead atoms. The van der Waals surface area contributed by atoms with Crippen molar-refractivity contribution in [3.8, 4) is 0 Å². The van der Waals surface area contributed by atoms with Crippen LogP contribution in [0.25, 0.3) is 0 Å². The average Bonchev–Trinajstić information content (AvgIpc) is 2.39. The highest BCUT2D eigenvalue weighted by Crippen LogP contribution is 2.33. The molecule has 2 nitrogen and oxygen atoms in total. The minimum absolute atomic E-state index is 0.109. The van der Waals surface area contributed by atoms with Gasteiger partial charge in [-0.3, -0.25) is 4.79 Å². The summed E-state index contributed by atoms with van der Waals surface area (Å²) < 4.78 is 39.2. The Hall–Kier alpha value is -1.82. The van der Waals surface area contributed by atoms with Crippen LogP contribution in [0.3, 0.4) is 0 Å². The van der Waals surface area contributed by atoms with E-state index in [4.69, 9.17) is 0 Å². The highest BCUT2D eigenvalue weighted by atomic mass is 79.9. The third kappa shape index (κ3) is 3.85. The van der Waals surface area contributed by atoms with Gasteiger partial charge in [-0.05, 0) is 42.8 Å². The number of alkyl halides is 3. The maximum atomic E-state index is 12.8. The molecular weight excluding hydrogens is 347 g/mol. The van der Waals surface area contributed by atoms with Crippen LogP contribution < -0.4 is 5.32 Å². The topological polar surface area (TPSA) is 29.1 Å². The number of carbonyl (C=O) groups is 1. The van der Waals surface area contributed by atoms with E-state index in [2.05, 4.69) is 21.2 Å². The van der Waals surface area contributed by atoms with Crippen LogP contribution in [0.15, 0.2) is 46.9 Å². The highest BCUT2D eigenvalue weighted by molar-refractivity contribution is 9.10. The number of nitrogens with one attached hydrogen (secondary N) is 1. The van der Waals surface area contributed by atoms with Crippen molar-refractivity contribution >= 4 is 27.5 Å². The summed E-state index contributed by atoms with van der Waals surface area (Å²) in [7, 11) is 0. The van der Waals surface area contributed by atoms with E-state index in [-0.39, 0.29) is 11.3 Å². The Morgan fingerprint density at radius 3 is 2.48 bits per heavy atom. The van der Waals surface area contributed by atoms with Crippen molar-refractivity contribution in [2.45, 2.75) is 13.1 Å². The van der Waals surface area contributed by atoms with E-state index in [0.29, 0.717) is 5.56 Å². The normalized spacial score (nSPS) is 11.3. The quantitative estimate of drug-likeness (QED) is 0.802. The SMILES string of the molecule is Cc1ccc(NC(=O)c2cccc(Br)c2)cc1C(F)(F)F. The number of anilines is 1. The number of benzene rings is 2. The molecule has 0 spiro atoms. The molecule has 0 saturated heterocycles. The molecule has 0 radical (unpaired) electrons. The van der Waals surface area contributed by atoms with Crippen molar-refractivity contribution in [2.75, 3.05) is 5.32 Å². The Balaban J connectivity index is 2.26. The summed E-state index contributed by atoms with van der Waals surface area (Å²) in [5, 5.41) is 2.47. The van der Waals surface area contributed by atoms with Crippen LogP contribution >= 0.6 is 15.9 Å². The molecule has 0 aliphatic rings. The first kappa shape index (κ1) is 15.6. The molecule has 1 amide bonds. The molecule has 0 aromatic heterocycles.